The lowest BCUT2D eigenvalue weighted by molar-refractivity contribution is 0.0984. The Morgan fingerprint density at radius 2 is 1.93 bits per heavy atom. The summed E-state index contributed by atoms with van der Waals surface area (Å²) in [6, 6.07) is 16.8. The van der Waals surface area contributed by atoms with Crippen molar-refractivity contribution in [1.29, 1.82) is 0 Å². The van der Waals surface area contributed by atoms with E-state index in [1.807, 2.05) is 55.5 Å². The van der Waals surface area contributed by atoms with E-state index in [9.17, 15) is 4.79 Å². The zero-order valence-corrected chi connectivity index (χ0v) is 18.1. The number of fused-ring (bicyclic) bond motifs is 1. The lowest BCUT2D eigenvalue weighted by Crippen LogP contribution is -2.31. The maximum atomic E-state index is 13.4. The number of carbonyl (C=O) groups is 1. The molecular formula is C21H15BrClN3OS. The van der Waals surface area contributed by atoms with Crippen LogP contribution in [-0.2, 0) is 6.54 Å². The standard InChI is InChI=1S/C21H15BrClN3OS/c1-13-17(23)9-10-18-19(13)25-21(28-18)26(12-14-6-4-5-11-24-14)20(27)15-7-2-3-8-16(15)22/h2-11H,12H2,1H3. The molecule has 4 aromatic rings. The van der Waals surface area contributed by atoms with Crippen LogP contribution < -0.4 is 4.90 Å². The van der Waals surface area contributed by atoms with Gasteiger partial charge >= 0.3 is 0 Å². The average molecular weight is 473 g/mol. The SMILES string of the molecule is Cc1c(Cl)ccc2sc(N(Cc3ccccn3)C(=O)c3ccccc3Br)nc12. The van der Waals surface area contributed by atoms with Gasteiger partial charge < -0.3 is 0 Å². The minimum absolute atomic E-state index is 0.138. The highest BCUT2D eigenvalue weighted by Crippen LogP contribution is 2.35. The maximum absolute atomic E-state index is 13.4. The van der Waals surface area contributed by atoms with E-state index in [0.717, 1.165) is 25.9 Å². The molecule has 4 nitrogen and oxygen atoms in total. The third-order valence-electron chi connectivity index (χ3n) is 4.36. The van der Waals surface area contributed by atoms with Gasteiger partial charge in [0.05, 0.1) is 28.0 Å². The van der Waals surface area contributed by atoms with Crippen molar-refractivity contribution in [3.8, 4) is 0 Å². The van der Waals surface area contributed by atoms with E-state index in [4.69, 9.17) is 16.6 Å². The number of hydrogen-bond acceptors (Lipinski definition) is 4. The third kappa shape index (κ3) is 3.68. The quantitative estimate of drug-likeness (QED) is 0.352. The first kappa shape index (κ1) is 19.1. The van der Waals surface area contributed by atoms with Crippen LogP contribution in [0.4, 0.5) is 5.13 Å². The van der Waals surface area contributed by atoms with Gasteiger partial charge in [0.1, 0.15) is 0 Å². The molecule has 0 unspecified atom stereocenters. The van der Waals surface area contributed by atoms with Crippen LogP contribution in [0.5, 0.6) is 0 Å². The van der Waals surface area contributed by atoms with Crippen molar-refractivity contribution in [1.82, 2.24) is 9.97 Å². The van der Waals surface area contributed by atoms with Gasteiger partial charge in [-0.25, -0.2) is 4.98 Å². The van der Waals surface area contributed by atoms with Crippen molar-refractivity contribution in [3.63, 3.8) is 0 Å². The molecule has 28 heavy (non-hydrogen) atoms. The molecule has 4 rings (SSSR count). The Morgan fingerprint density at radius 1 is 1.14 bits per heavy atom. The molecule has 140 valence electrons. The van der Waals surface area contributed by atoms with Gasteiger partial charge in [0.25, 0.3) is 5.91 Å². The van der Waals surface area contributed by atoms with E-state index >= 15 is 0 Å². The highest BCUT2D eigenvalue weighted by Gasteiger charge is 2.24. The first-order valence-electron chi connectivity index (χ1n) is 8.56. The Labute approximate surface area is 179 Å². The van der Waals surface area contributed by atoms with Gasteiger partial charge in [-0.1, -0.05) is 41.1 Å². The topological polar surface area (TPSA) is 46.1 Å². The molecule has 2 aromatic heterocycles. The Hall–Kier alpha value is -2.28. The third-order valence-corrected chi connectivity index (χ3v) is 6.51. The van der Waals surface area contributed by atoms with Crippen LogP contribution in [0.15, 0.2) is 65.3 Å². The van der Waals surface area contributed by atoms with E-state index in [1.165, 1.54) is 11.3 Å². The second-order valence-electron chi connectivity index (χ2n) is 6.21. The molecule has 0 radical (unpaired) electrons. The Balaban J connectivity index is 1.82. The van der Waals surface area contributed by atoms with Gasteiger partial charge in [0.2, 0.25) is 0 Å². The number of pyridine rings is 1. The summed E-state index contributed by atoms with van der Waals surface area (Å²) in [4.78, 5) is 24.2. The average Bonchev–Trinajstić information content (AvgIpc) is 3.14. The number of benzene rings is 2. The molecule has 0 aliphatic heterocycles. The number of rotatable bonds is 4. The Morgan fingerprint density at radius 3 is 2.68 bits per heavy atom. The lowest BCUT2D eigenvalue weighted by Gasteiger charge is -2.20. The van der Waals surface area contributed by atoms with E-state index in [1.54, 1.807) is 17.2 Å². The van der Waals surface area contributed by atoms with Crippen molar-refractivity contribution in [3.05, 3.63) is 87.1 Å². The number of hydrogen-bond donors (Lipinski definition) is 0. The first-order valence-corrected chi connectivity index (χ1v) is 10.6. The minimum Gasteiger partial charge on any atom is -0.278 e. The second kappa shape index (κ2) is 7.99. The number of thiazole rings is 1. The second-order valence-corrected chi connectivity index (χ2v) is 8.48. The number of anilines is 1. The monoisotopic (exact) mass is 471 g/mol. The molecule has 2 aromatic carbocycles. The summed E-state index contributed by atoms with van der Waals surface area (Å²) >= 11 is 11.2. The fourth-order valence-electron chi connectivity index (χ4n) is 2.86. The summed E-state index contributed by atoms with van der Waals surface area (Å²) in [6.07, 6.45) is 1.72. The van der Waals surface area contributed by atoms with Crippen LogP contribution in [0.25, 0.3) is 10.2 Å². The summed E-state index contributed by atoms with van der Waals surface area (Å²) in [5.74, 6) is -0.138. The molecule has 0 aliphatic rings. The van der Waals surface area contributed by atoms with E-state index in [-0.39, 0.29) is 5.91 Å². The van der Waals surface area contributed by atoms with Crippen molar-refractivity contribution in [2.24, 2.45) is 0 Å². The van der Waals surface area contributed by atoms with Crippen molar-refractivity contribution in [2.45, 2.75) is 13.5 Å². The summed E-state index contributed by atoms with van der Waals surface area (Å²) in [5, 5.41) is 1.28. The first-order chi connectivity index (χ1) is 13.5. The number of halogens is 2. The molecular weight excluding hydrogens is 458 g/mol. The van der Waals surface area contributed by atoms with Crippen LogP contribution in [0.3, 0.4) is 0 Å². The Bertz CT molecular complexity index is 1160. The van der Waals surface area contributed by atoms with Gasteiger partial charge in [-0.2, -0.15) is 0 Å². The number of aromatic nitrogens is 2. The van der Waals surface area contributed by atoms with Crippen LogP contribution >= 0.6 is 38.9 Å². The van der Waals surface area contributed by atoms with Gasteiger partial charge in [-0.05, 0) is 64.8 Å². The van der Waals surface area contributed by atoms with Crippen LogP contribution in [0.1, 0.15) is 21.6 Å². The van der Waals surface area contributed by atoms with Crippen molar-refractivity contribution in [2.75, 3.05) is 4.90 Å². The molecule has 2 heterocycles. The number of amides is 1. The van der Waals surface area contributed by atoms with Gasteiger partial charge in [0.15, 0.2) is 5.13 Å². The lowest BCUT2D eigenvalue weighted by atomic mass is 10.2. The van der Waals surface area contributed by atoms with Gasteiger partial charge in [0, 0.05) is 15.7 Å². The fraction of sp³-hybridized carbons (Fsp3) is 0.0952. The zero-order valence-electron chi connectivity index (χ0n) is 14.9. The van der Waals surface area contributed by atoms with Gasteiger partial charge in [-0.15, -0.1) is 0 Å². The molecule has 0 saturated carbocycles. The maximum Gasteiger partial charge on any atom is 0.261 e. The Kier molecular flexibility index (Phi) is 5.44. The summed E-state index contributed by atoms with van der Waals surface area (Å²) in [6.45, 7) is 2.26. The van der Waals surface area contributed by atoms with Crippen LogP contribution in [0.2, 0.25) is 5.02 Å². The number of aryl methyl sites for hydroxylation is 1. The molecule has 0 aliphatic carbocycles. The molecule has 7 heteroatoms. The molecule has 0 N–H and O–H groups in total. The molecule has 0 fully saturated rings. The molecule has 1 amide bonds. The van der Waals surface area contributed by atoms with E-state index in [0.29, 0.717) is 22.3 Å². The molecule has 0 spiro atoms. The van der Waals surface area contributed by atoms with Crippen molar-refractivity contribution >= 4 is 60.1 Å². The zero-order chi connectivity index (χ0) is 19.7. The van der Waals surface area contributed by atoms with Gasteiger partial charge in [-0.3, -0.25) is 14.7 Å². The van der Waals surface area contributed by atoms with Crippen LogP contribution in [-0.4, -0.2) is 15.9 Å². The predicted molar refractivity (Wildman–Crippen MR) is 118 cm³/mol. The molecule has 0 atom stereocenters. The van der Waals surface area contributed by atoms with E-state index in [2.05, 4.69) is 20.9 Å². The minimum atomic E-state index is -0.138. The summed E-state index contributed by atoms with van der Waals surface area (Å²) in [7, 11) is 0. The largest absolute Gasteiger partial charge is 0.278 e. The number of nitrogens with zero attached hydrogens (tertiary/aromatic N) is 3. The van der Waals surface area contributed by atoms with E-state index < -0.39 is 0 Å². The summed E-state index contributed by atoms with van der Waals surface area (Å²) in [5.41, 5.74) is 3.09. The fourth-order valence-corrected chi connectivity index (χ4v) is 4.49. The predicted octanol–water partition coefficient (Wildman–Crippen LogP) is 6.26. The van der Waals surface area contributed by atoms with Crippen molar-refractivity contribution < 1.29 is 4.79 Å². The molecule has 0 saturated heterocycles. The molecule has 0 bridgehead atoms. The smallest absolute Gasteiger partial charge is 0.261 e. The highest BCUT2D eigenvalue weighted by molar-refractivity contribution is 9.10. The summed E-state index contributed by atoms with van der Waals surface area (Å²) < 4.78 is 1.73. The highest BCUT2D eigenvalue weighted by atomic mass is 79.9. The normalized spacial score (nSPS) is 11.0. The van der Waals surface area contributed by atoms with Crippen LogP contribution in [0, 0.1) is 6.92 Å². The number of carbonyl (C=O) groups excluding carboxylic acids is 1.